The highest BCUT2D eigenvalue weighted by molar-refractivity contribution is 7.90. The largest absolute Gasteiger partial charge is 0.337 e. The van der Waals surface area contributed by atoms with Crippen molar-refractivity contribution in [1.82, 2.24) is 24.6 Å². The van der Waals surface area contributed by atoms with E-state index in [0.29, 0.717) is 6.42 Å². The van der Waals surface area contributed by atoms with Gasteiger partial charge in [-0.05, 0) is 112 Å². The maximum atomic E-state index is 12.5. The number of nitrogens with one attached hydrogen (secondary N) is 2. The van der Waals surface area contributed by atoms with Crippen molar-refractivity contribution in [3.8, 4) is 5.69 Å². The third kappa shape index (κ3) is 7.17. The molecule has 3 aromatic carbocycles. The van der Waals surface area contributed by atoms with Crippen LogP contribution in [0.15, 0.2) is 77.7 Å². The second-order valence-electron chi connectivity index (χ2n) is 11.5. The second-order valence-corrected chi connectivity index (χ2v) is 13.2. The monoisotopic (exact) mass is 609 g/mol. The van der Waals surface area contributed by atoms with Gasteiger partial charge in [0.05, 0.1) is 4.90 Å². The van der Waals surface area contributed by atoms with Crippen LogP contribution in [0.2, 0.25) is 0 Å². The highest BCUT2D eigenvalue weighted by atomic mass is 32.2. The molecule has 0 saturated carbocycles. The molecule has 0 unspecified atom stereocenters. The van der Waals surface area contributed by atoms with Crippen molar-refractivity contribution >= 4 is 27.2 Å². The molecule has 228 valence electrons. The molecule has 9 heteroatoms. The molecule has 0 aliphatic carbocycles. The summed E-state index contributed by atoms with van der Waals surface area (Å²) in [5.74, 6) is 0.978. The molecule has 5 rings (SSSR count). The number of fused-ring (bicyclic) bond motifs is 1. The number of urea groups is 1. The molecule has 8 nitrogen and oxygen atoms in total. The number of hydrogen-bond donors (Lipinski definition) is 2. The van der Waals surface area contributed by atoms with Crippen LogP contribution >= 0.6 is 0 Å². The zero-order chi connectivity index (χ0) is 31.4. The number of carbonyl (C=O) groups is 1. The number of aromatic nitrogens is 3. The van der Waals surface area contributed by atoms with Crippen LogP contribution in [-0.2, 0) is 29.3 Å². The first-order valence-electron chi connectivity index (χ1n) is 14.9. The SMILES string of the molecule is Cc1ccc(S(=O)(=O)NC(=O)NCCc2ccc(-n3c(CCCc4ccc(C)c(C)c4)nc4c(C)cc(C)nc43)cc2)cc1. The molecular weight excluding hydrogens is 570 g/mol. The zero-order valence-corrected chi connectivity index (χ0v) is 26.8. The van der Waals surface area contributed by atoms with Gasteiger partial charge >= 0.3 is 6.03 Å². The molecule has 0 fully saturated rings. The third-order valence-corrected chi connectivity index (χ3v) is 9.24. The summed E-state index contributed by atoms with van der Waals surface area (Å²) in [5, 5.41) is 2.65. The summed E-state index contributed by atoms with van der Waals surface area (Å²) in [5.41, 5.74) is 10.7. The average molecular weight is 610 g/mol. The fourth-order valence-corrected chi connectivity index (χ4v) is 6.25. The van der Waals surface area contributed by atoms with Crippen LogP contribution in [-0.4, -0.2) is 35.5 Å². The van der Waals surface area contributed by atoms with E-state index >= 15 is 0 Å². The Balaban J connectivity index is 1.26. The van der Waals surface area contributed by atoms with E-state index in [4.69, 9.17) is 9.97 Å². The molecular formula is C35H39N5O3S. The van der Waals surface area contributed by atoms with E-state index in [-0.39, 0.29) is 11.4 Å². The number of pyridine rings is 1. The van der Waals surface area contributed by atoms with Gasteiger partial charge in [0.2, 0.25) is 0 Å². The van der Waals surface area contributed by atoms with E-state index in [1.165, 1.54) is 28.8 Å². The Morgan fingerprint density at radius 1 is 0.750 bits per heavy atom. The summed E-state index contributed by atoms with van der Waals surface area (Å²) < 4.78 is 29.2. The number of amides is 2. The van der Waals surface area contributed by atoms with Gasteiger partial charge < -0.3 is 5.32 Å². The average Bonchev–Trinajstić information content (AvgIpc) is 3.33. The summed E-state index contributed by atoms with van der Waals surface area (Å²) in [4.78, 5) is 22.3. The van der Waals surface area contributed by atoms with Crippen LogP contribution in [0.25, 0.3) is 16.9 Å². The van der Waals surface area contributed by atoms with Gasteiger partial charge in [0.1, 0.15) is 11.3 Å². The maximum absolute atomic E-state index is 12.5. The minimum absolute atomic E-state index is 0.0466. The number of nitrogens with zero attached hydrogens (tertiary/aromatic N) is 3. The lowest BCUT2D eigenvalue weighted by atomic mass is 10.0. The Labute approximate surface area is 259 Å². The minimum atomic E-state index is -3.93. The number of carbonyl (C=O) groups excluding carboxylic acids is 1. The Hall–Kier alpha value is -4.50. The lowest BCUT2D eigenvalue weighted by molar-refractivity contribution is 0.246. The van der Waals surface area contributed by atoms with E-state index in [1.807, 2.05) is 38.1 Å². The number of benzene rings is 3. The molecule has 0 atom stereocenters. The Bertz CT molecular complexity index is 1910. The predicted octanol–water partition coefficient (Wildman–Crippen LogP) is 6.37. The molecule has 0 saturated heterocycles. The number of imidazole rings is 1. The highest BCUT2D eigenvalue weighted by Gasteiger charge is 2.18. The summed E-state index contributed by atoms with van der Waals surface area (Å²) >= 11 is 0. The summed E-state index contributed by atoms with van der Waals surface area (Å²) in [6, 6.07) is 22.4. The van der Waals surface area contributed by atoms with Crippen LogP contribution in [0, 0.1) is 34.6 Å². The second kappa shape index (κ2) is 13.0. The molecule has 0 spiro atoms. The van der Waals surface area contributed by atoms with Gasteiger partial charge in [-0.2, -0.15) is 0 Å². The molecule has 2 aromatic heterocycles. The van der Waals surface area contributed by atoms with Crippen LogP contribution in [0.5, 0.6) is 0 Å². The molecule has 2 heterocycles. The Morgan fingerprint density at radius 2 is 1.45 bits per heavy atom. The zero-order valence-electron chi connectivity index (χ0n) is 25.9. The van der Waals surface area contributed by atoms with Crippen molar-refractivity contribution in [2.24, 2.45) is 0 Å². The molecule has 0 radical (unpaired) electrons. The number of hydrogen-bond acceptors (Lipinski definition) is 5. The van der Waals surface area contributed by atoms with Gasteiger partial charge in [0.25, 0.3) is 10.0 Å². The molecule has 0 bridgehead atoms. The maximum Gasteiger partial charge on any atom is 0.328 e. The quantitative estimate of drug-likeness (QED) is 0.191. The first-order chi connectivity index (χ1) is 21.0. The van der Waals surface area contributed by atoms with Gasteiger partial charge in [0.15, 0.2) is 5.65 Å². The van der Waals surface area contributed by atoms with E-state index in [9.17, 15) is 13.2 Å². The minimum Gasteiger partial charge on any atom is -0.337 e. The van der Waals surface area contributed by atoms with Crippen molar-refractivity contribution in [2.75, 3.05) is 6.54 Å². The number of sulfonamides is 1. The lowest BCUT2D eigenvalue weighted by Gasteiger charge is -2.12. The van der Waals surface area contributed by atoms with E-state index in [1.54, 1.807) is 12.1 Å². The van der Waals surface area contributed by atoms with Crippen LogP contribution in [0.3, 0.4) is 0 Å². The van der Waals surface area contributed by atoms with E-state index < -0.39 is 16.1 Å². The third-order valence-electron chi connectivity index (χ3n) is 7.89. The van der Waals surface area contributed by atoms with Crippen molar-refractivity contribution < 1.29 is 13.2 Å². The summed E-state index contributed by atoms with van der Waals surface area (Å²) in [7, 11) is -3.93. The van der Waals surface area contributed by atoms with E-state index in [2.05, 4.69) is 59.6 Å². The van der Waals surface area contributed by atoms with Gasteiger partial charge in [0, 0.05) is 24.3 Å². The van der Waals surface area contributed by atoms with Gasteiger partial charge in [-0.3, -0.25) is 4.57 Å². The molecule has 0 aliphatic rings. The predicted molar refractivity (Wildman–Crippen MR) is 175 cm³/mol. The fourth-order valence-electron chi connectivity index (χ4n) is 5.32. The molecule has 2 amide bonds. The van der Waals surface area contributed by atoms with Crippen LogP contribution < -0.4 is 10.0 Å². The first-order valence-corrected chi connectivity index (χ1v) is 16.4. The topological polar surface area (TPSA) is 106 Å². The van der Waals surface area contributed by atoms with E-state index in [0.717, 1.165) is 64.3 Å². The summed E-state index contributed by atoms with van der Waals surface area (Å²) in [6.07, 6.45) is 3.30. The van der Waals surface area contributed by atoms with Gasteiger partial charge in [-0.15, -0.1) is 0 Å². The normalized spacial score (nSPS) is 11.6. The first kappa shape index (κ1) is 30.9. The van der Waals surface area contributed by atoms with Crippen molar-refractivity contribution in [3.63, 3.8) is 0 Å². The number of aryl methyl sites for hydroxylation is 7. The Kier molecular flexibility index (Phi) is 9.15. The van der Waals surface area contributed by atoms with Crippen molar-refractivity contribution in [2.45, 2.75) is 65.2 Å². The van der Waals surface area contributed by atoms with Crippen molar-refractivity contribution in [3.05, 3.63) is 118 Å². The van der Waals surface area contributed by atoms with Gasteiger partial charge in [-0.1, -0.05) is 48.0 Å². The molecule has 5 aromatic rings. The molecule has 2 N–H and O–H groups in total. The standard InChI is InChI=1S/C35H39N5O3S/c1-23-9-17-31(18-10-23)44(42,43)39-35(41)36-20-19-28-13-15-30(16-14-28)40-32(38-33-26(4)21-27(5)37-34(33)40)8-6-7-29-12-11-24(2)25(3)22-29/h9-18,21-22H,6-8,19-20H2,1-5H3,(H2,36,39,41). The van der Waals surface area contributed by atoms with Crippen LogP contribution in [0.4, 0.5) is 4.79 Å². The highest BCUT2D eigenvalue weighted by Crippen LogP contribution is 2.25. The molecule has 44 heavy (non-hydrogen) atoms. The fraction of sp³-hybridized carbons (Fsp3) is 0.286. The molecule has 0 aliphatic heterocycles. The number of rotatable bonds is 10. The van der Waals surface area contributed by atoms with Crippen molar-refractivity contribution in [1.29, 1.82) is 0 Å². The Morgan fingerprint density at radius 3 is 2.16 bits per heavy atom. The lowest BCUT2D eigenvalue weighted by Crippen LogP contribution is -2.40. The van der Waals surface area contributed by atoms with Gasteiger partial charge in [-0.25, -0.2) is 27.9 Å². The van der Waals surface area contributed by atoms with Crippen LogP contribution in [0.1, 0.15) is 51.3 Å². The smallest absolute Gasteiger partial charge is 0.328 e. The summed E-state index contributed by atoms with van der Waals surface area (Å²) in [6.45, 7) is 10.5.